The number of benzene rings is 2. The molecule has 0 spiro atoms. The van der Waals surface area contributed by atoms with Crippen LogP contribution in [0.3, 0.4) is 0 Å². The molecule has 1 aliphatic rings. The average Bonchev–Trinajstić information content (AvgIpc) is 3.36. The molecule has 0 fully saturated rings. The first-order valence-electron chi connectivity index (χ1n) is 18.7. The molecule has 0 bridgehead atoms. The zero-order valence-corrected chi connectivity index (χ0v) is 34.4. The molecular formula is C42H53N5O11. The van der Waals surface area contributed by atoms with Gasteiger partial charge in [0, 0.05) is 18.3 Å². The molecule has 5 amide bonds. The van der Waals surface area contributed by atoms with Gasteiger partial charge in [-0.2, -0.15) is 9.59 Å². The van der Waals surface area contributed by atoms with Gasteiger partial charge in [0.05, 0.1) is 11.1 Å². The number of aromatic nitrogens is 1. The van der Waals surface area contributed by atoms with Gasteiger partial charge in [0.15, 0.2) is 0 Å². The number of pyridine rings is 1. The molecule has 2 aromatic carbocycles. The minimum atomic E-state index is -0.915. The molecule has 1 aromatic heterocycles. The SMILES string of the molecule is CC(C)(C)OC(=O)NCCCC[C@H](NC(=O)OC(C)(C)C)C(=O)Nc1ccc(-c2ccc(OC[C@H](ON3C(=O)c4ccccc4C3=O)C(C)(C)C)cc2)cn1.O=C=O. The van der Waals surface area contributed by atoms with Crippen molar-refractivity contribution in [1.82, 2.24) is 20.7 Å². The summed E-state index contributed by atoms with van der Waals surface area (Å²) in [5.74, 6) is -0.616. The van der Waals surface area contributed by atoms with Crippen LogP contribution in [0.25, 0.3) is 11.1 Å². The third-order valence-corrected chi connectivity index (χ3v) is 8.15. The Labute approximate surface area is 338 Å². The molecule has 16 nitrogen and oxygen atoms in total. The van der Waals surface area contributed by atoms with Gasteiger partial charge in [-0.05, 0) is 108 Å². The van der Waals surface area contributed by atoms with Gasteiger partial charge in [0.25, 0.3) is 11.8 Å². The number of alkyl carbamates (subject to hydrolysis) is 2. The quantitative estimate of drug-likeness (QED) is 0.115. The van der Waals surface area contributed by atoms with Crippen LogP contribution in [0.5, 0.6) is 5.75 Å². The van der Waals surface area contributed by atoms with Gasteiger partial charge in [-0.3, -0.25) is 19.2 Å². The molecule has 16 heteroatoms. The number of rotatable bonds is 14. The highest BCUT2D eigenvalue weighted by atomic mass is 16.7. The number of anilines is 1. The van der Waals surface area contributed by atoms with Crippen LogP contribution in [0.15, 0.2) is 66.9 Å². The van der Waals surface area contributed by atoms with E-state index in [0.29, 0.717) is 48.5 Å². The van der Waals surface area contributed by atoms with Crippen molar-refractivity contribution < 1.29 is 52.6 Å². The highest BCUT2D eigenvalue weighted by Crippen LogP contribution is 2.30. The summed E-state index contributed by atoms with van der Waals surface area (Å²) >= 11 is 0. The molecule has 4 rings (SSSR count). The minimum absolute atomic E-state index is 0.0823. The number of hydroxylamine groups is 2. The van der Waals surface area contributed by atoms with Crippen LogP contribution in [0.2, 0.25) is 0 Å². The molecule has 0 saturated heterocycles. The van der Waals surface area contributed by atoms with Crippen molar-refractivity contribution in [3.63, 3.8) is 0 Å². The highest BCUT2D eigenvalue weighted by Gasteiger charge is 2.40. The van der Waals surface area contributed by atoms with E-state index in [9.17, 15) is 24.0 Å². The predicted molar refractivity (Wildman–Crippen MR) is 211 cm³/mol. The Bertz CT molecular complexity index is 1890. The number of hydrogen-bond donors (Lipinski definition) is 3. The summed E-state index contributed by atoms with van der Waals surface area (Å²) in [5, 5.41) is 8.93. The van der Waals surface area contributed by atoms with E-state index >= 15 is 0 Å². The number of carbonyl (C=O) groups is 5. The number of carbonyl (C=O) groups excluding carboxylic acids is 7. The number of unbranched alkanes of at least 4 members (excludes halogenated alkanes) is 1. The Balaban J connectivity index is 0.00000291. The molecule has 1 aliphatic heterocycles. The maximum absolute atomic E-state index is 13.3. The van der Waals surface area contributed by atoms with E-state index in [-0.39, 0.29) is 12.8 Å². The van der Waals surface area contributed by atoms with Crippen LogP contribution in [0.1, 0.15) is 102 Å². The Morgan fingerprint density at radius 2 is 1.31 bits per heavy atom. The fraction of sp³-hybridized carbons (Fsp3) is 0.452. The largest absolute Gasteiger partial charge is 0.491 e. The van der Waals surface area contributed by atoms with E-state index in [0.717, 1.165) is 16.2 Å². The highest BCUT2D eigenvalue weighted by molar-refractivity contribution is 6.20. The van der Waals surface area contributed by atoms with Crippen LogP contribution in [0, 0.1) is 5.41 Å². The van der Waals surface area contributed by atoms with Crippen LogP contribution in [-0.4, -0.2) is 82.6 Å². The third kappa shape index (κ3) is 14.8. The predicted octanol–water partition coefficient (Wildman–Crippen LogP) is 6.71. The van der Waals surface area contributed by atoms with E-state index < -0.39 is 58.7 Å². The summed E-state index contributed by atoms with van der Waals surface area (Å²) < 4.78 is 16.7. The molecule has 3 aromatic rings. The second kappa shape index (κ2) is 20.3. The number of ether oxygens (including phenoxy) is 3. The Kier molecular flexibility index (Phi) is 16.2. The molecular weight excluding hydrogens is 750 g/mol. The number of amides is 5. The van der Waals surface area contributed by atoms with Gasteiger partial charge in [0.1, 0.15) is 41.5 Å². The van der Waals surface area contributed by atoms with Crippen LogP contribution < -0.4 is 20.7 Å². The van der Waals surface area contributed by atoms with Gasteiger partial charge in [-0.1, -0.05) is 45.0 Å². The lowest BCUT2D eigenvalue weighted by Gasteiger charge is -2.32. The van der Waals surface area contributed by atoms with E-state index in [2.05, 4.69) is 20.9 Å². The van der Waals surface area contributed by atoms with Gasteiger partial charge >= 0.3 is 18.3 Å². The molecule has 0 saturated carbocycles. The zero-order valence-electron chi connectivity index (χ0n) is 34.4. The Hall–Kier alpha value is -6.12. The van der Waals surface area contributed by atoms with E-state index in [4.69, 9.17) is 28.6 Å². The van der Waals surface area contributed by atoms with E-state index in [1.54, 1.807) is 90.2 Å². The summed E-state index contributed by atoms with van der Waals surface area (Å²) in [6.07, 6.45) is 1.37. The monoisotopic (exact) mass is 803 g/mol. The Morgan fingerprint density at radius 1 is 0.759 bits per heavy atom. The lowest BCUT2D eigenvalue weighted by atomic mass is 9.89. The topological polar surface area (TPSA) is 209 Å². The van der Waals surface area contributed by atoms with Gasteiger partial charge in [-0.25, -0.2) is 14.6 Å². The summed E-state index contributed by atoms with van der Waals surface area (Å²) in [4.78, 5) is 90.2. The first-order valence-corrected chi connectivity index (χ1v) is 18.7. The standard InChI is InChI=1S/C41H53N5O9.CO2/c1-39(2,3)32(55-46-35(48)29-14-10-11-15-30(29)36(46)49)25-52-28-20-17-26(18-21-28)27-19-22-33(43-24-27)45-34(47)31(44-38(51)54-41(7,8)9)16-12-13-23-42-37(50)53-40(4,5)6;2-1-3/h10-11,14-15,17-22,24,31-32H,12-13,16,23,25H2,1-9H3,(H,42,50)(H,44,51)(H,43,45,47);/t31-,32-;/m0./s1. The average molecular weight is 804 g/mol. The number of nitrogens with zero attached hydrogens (tertiary/aromatic N) is 2. The van der Waals surface area contributed by atoms with Crippen molar-refractivity contribution >= 4 is 41.9 Å². The van der Waals surface area contributed by atoms with Gasteiger partial charge in [-0.15, -0.1) is 5.06 Å². The number of imide groups is 1. The Morgan fingerprint density at radius 3 is 1.83 bits per heavy atom. The molecule has 2 heterocycles. The van der Waals surface area contributed by atoms with Crippen molar-refractivity contribution in [2.45, 2.75) is 105 Å². The molecule has 2 atom stereocenters. The first-order chi connectivity index (χ1) is 27.1. The number of fused-ring (bicyclic) bond motifs is 1. The second-order valence-electron chi connectivity index (χ2n) is 16.4. The van der Waals surface area contributed by atoms with Crippen molar-refractivity contribution in [1.29, 1.82) is 0 Å². The maximum Gasteiger partial charge on any atom is 0.408 e. The first kappa shape index (κ1) is 46.3. The fourth-order valence-electron chi connectivity index (χ4n) is 5.29. The second-order valence-corrected chi connectivity index (χ2v) is 16.4. The van der Waals surface area contributed by atoms with Crippen LogP contribution >= 0.6 is 0 Å². The molecule has 3 N–H and O–H groups in total. The summed E-state index contributed by atoms with van der Waals surface area (Å²) in [7, 11) is 0. The maximum atomic E-state index is 13.3. The third-order valence-electron chi connectivity index (χ3n) is 8.15. The van der Waals surface area contributed by atoms with Crippen molar-refractivity contribution in [2.75, 3.05) is 18.5 Å². The lowest BCUT2D eigenvalue weighted by molar-refractivity contribution is -0.191. The van der Waals surface area contributed by atoms with Crippen LogP contribution in [-0.2, 0) is 28.7 Å². The summed E-state index contributed by atoms with van der Waals surface area (Å²) in [6, 6.07) is 16.5. The fourth-order valence-corrected chi connectivity index (χ4v) is 5.29. The molecule has 312 valence electrons. The summed E-state index contributed by atoms with van der Waals surface area (Å²) in [6.45, 7) is 16.8. The minimum Gasteiger partial charge on any atom is -0.491 e. The molecule has 0 radical (unpaired) electrons. The molecule has 0 unspecified atom stereocenters. The smallest absolute Gasteiger partial charge is 0.408 e. The van der Waals surface area contributed by atoms with Gasteiger partial charge in [0.2, 0.25) is 5.91 Å². The van der Waals surface area contributed by atoms with Gasteiger partial charge < -0.3 is 30.2 Å². The molecule has 0 aliphatic carbocycles. The number of hydrogen-bond acceptors (Lipinski definition) is 12. The van der Waals surface area contributed by atoms with Crippen molar-refractivity contribution in [3.8, 4) is 16.9 Å². The van der Waals surface area contributed by atoms with E-state index in [1.165, 1.54) is 0 Å². The van der Waals surface area contributed by atoms with E-state index in [1.807, 2.05) is 39.0 Å². The number of nitrogens with one attached hydrogen (secondary N) is 3. The lowest BCUT2D eigenvalue weighted by Crippen LogP contribution is -2.46. The van der Waals surface area contributed by atoms with Crippen molar-refractivity contribution in [3.05, 3.63) is 78.0 Å². The van der Waals surface area contributed by atoms with Crippen LogP contribution in [0.4, 0.5) is 15.4 Å². The normalized spacial score (nSPS) is 13.5. The molecule has 58 heavy (non-hydrogen) atoms. The van der Waals surface area contributed by atoms with Crippen molar-refractivity contribution in [2.24, 2.45) is 5.41 Å². The summed E-state index contributed by atoms with van der Waals surface area (Å²) in [5.41, 5.74) is 0.408. The zero-order chi connectivity index (χ0) is 43.3.